The molecule has 1 fully saturated rings. The molecule has 0 radical (unpaired) electrons. The second-order valence-corrected chi connectivity index (χ2v) is 8.94. The molecule has 0 bridgehead atoms. The predicted octanol–water partition coefficient (Wildman–Crippen LogP) is 3.81. The van der Waals surface area contributed by atoms with Crippen molar-refractivity contribution < 1.29 is 21.9 Å². The third-order valence-corrected chi connectivity index (χ3v) is 6.83. The van der Waals surface area contributed by atoms with Crippen molar-refractivity contribution in [3.05, 3.63) is 65.2 Å². The lowest BCUT2D eigenvalue weighted by molar-refractivity contribution is -0.0655. The summed E-state index contributed by atoms with van der Waals surface area (Å²) in [6.45, 7) is 5.42. The van der Waals surface area contributed by atoms with E-state index in [4.69, 9.17) is 4.74 Å². The highest BCUT2D eigenvalue weighted by Gasteiger charge is 2.43. The van der Waals surface area contributed by atoms with Gasteiger partial charge in [-0.05, 0) is 62.2 Å². The Bertz CT molecular complexity index is 911. The number of morpholine rings is 1. The van der Waals surface area contributed by atoms with Gasteiger partial charge in [-0.3, -0.25) is 0 Å². The molecular weight excluding hydrogens is 360 g/mol. The molecule has 0 aliphatic carbocycles. The third-order valence-electron chi connectivity index (χ3n) is 4.59. The van der Waals surface area contributed by atoms with E-state index in [1.807, 2.05) is 0 Å². The maximum Gasteiger partial charge on any atom is 0.244 e. The normalized spacial score (nSPS) is 20.9. The zero-order valence-electron chi connectivity index (χ0n) is 14.9. The zero-order chi connectivity index (χ0) is 19.1. The fourth-order valence-electron chi connectivity index (χ4n) is 3.15. The van der Waals surface area contributed by atoms with Gasteiger partial charge in [0.15, 0.2) is 0 Å². The summed E-state index contributed by atoms with van der Waals surface area (Å²) in [4.78, 5) is 0.0757. The van der Waals surface area contributed by atoms with Crippen LogP contribution in [-0.2, 0) is 14.8 Å². The summed E-state index contributed by atoms with van der Waals surface area (Å²) in [5, 5.41) is 0. The molecule has 1 unspecified atom stereocenters. The van der Waals surface area contributed by atoms with E-state index >= 15 is 0 Å². The summed E-state index contributed by atoms with van der Waals surface area (Å²) < 4.78 is 60.3. The third kappa shape index (κ3) is 3.51. The van der Waals surface area contributed by atoms with Crippen LogP contribution in [0.4, 0.5) is 8.78 Å². The number of nitrogens with zero attached hydrogens (tertiary/aromatic N) is 1. The lowest BCUT2D eigenvalue weighted by Crippen LogP contribution is -2.56. The van der Waals surface area contributed by atoms with Crippen LogP contribution in [-0.4, -0.2) is 31.4 Å². The molecule has 0 aromatic heterocycles. The van der Waals surface area contributed by atoms with Crippen molar-refractivity contribution in [3.8, 4) is 0 Å². The van der Waals surface area contributed by atoms with Gasteiger partial charge < -0.3 is 4.74 Å². The molecule has 2 aromatic rings. The second-order valence-electron chi connectivity index (χ2n) is 7.11. The summed E-state index contributed by atoms with van der Waals surface area (Å²) in [6.07, 6.45) is -0.501. The molecule has 0 saturated carbocycles. The van der Waals surface area contributed by atoms with Crippen LogP contribution < -0.4 is 0 Å². The van der Waals surface area contributed by atoms with E-state index in [0.717, 1.165) is 6.07 Å². The highest BCUT2D eigenvalue weighted by molar-refractivity contribution is 7.89. The lowest BCUT2D eigenvalue weighted by Gasteiger charge is -2.44. The van der Waals surface area contributed by atoms with Gasteiger partial charge >= 0.3 is 0 Å². The number of rotatable bonds is 3. The van der Waals surface area contributed by atoms with Crippen molar-refractivity contribution in [2.24, 2.45) is 0 Å². The highest BCUT2D eigenvalue weighted by Crippen LogP contribution is 2.35. The summed E-state index contributed by atoms with van der Waals surface area (Å²) in [5.41, 5.74) is 0.291. The molecule has 2 aromatic carbocycles. The quantitative estimate of drug-likeness (QED) is 0.812. The first-order chi connectivity index (χ1) is 12.1. The number of halogens is 2. The maximum atomic E-state index is 13.4. The van der Waals surface area contributed by atoms with E-state index in [1.54, 1.807) is 32.9 Å². The van der Waals surface area contributed by atoms with Gasteiger partial charge in [0.1, 0.15) is 11.6 Å². The highest BCUT2D eigenvalue weighted by atomic mass is 32.2. The van der Waals surface area contributed by atoms with E-state index in [0.29, 0.717) is 11.1 Å². The molecule has 1 saturated heterocycles. The zero-order valence-corrected chi connectivity index (χ0v) is 15.7. The Morgan fingerprint density at radius 3 is 2.31 bits per heavy atom. The lowest BCUT2D eigenvalue weighted by atomic mass is 10.0. The number of aryl methyl sites for hydroxylation is 1. The average Bonchev–Trinajstić information content (AvgIpc) is 2.55. The molecule has 26 heavy (non-hydrogen) atoms. The monoisotopic (exact) mass is 381 g/mol. The van der Waals surface area contributed by atoms with Crippen molar-refractivity contribution >= 4 is 10.0 Å². The number of hydrogen-bond donors (Lipinski definition) is 0. The first-order valence-corrected chi connectivity index (χ1v) is 9.71. The van der Waals surface area contributed by atoms with E-state index in [9.17, 15) is 17.2 Å². The molecule has 1 aliphatic rings. The molecular formula is C19H21F2NO3S. The van der Waals surface area contributed by atoms with Crippen LogP contribution in [0.5, 0.6) is 0 Å². The van der Waals surface area contributed by atoms with Crippen LogP contribution in [0.25, 0.3) is 0 Å². The van der Waals surface area contributed by atoms with Crippen LogP contribution in [0.15, 0.2) is 47.4 Å². The number of ether oxygens (including phenoxy) is 1. The maximum absolute atomic E-state index is 13.4. The Morgan fingerprint density at radius 2 is 1.69 bits per heavy atom. The summed E-state index contributed by atoms with van der Waals surface area (Å²) in [6, 6.07) is 9.46. The fourth-order valence-corrected chi connectivity index (χ4v) is 5.13. The summed E-state index contributed by atoms with van der Waals surface area (Å²) >= 11 is 0. The first kappa shape index (κ1) is 18.9. The Hall–Kier alpha value is -1.83. The van der Waals surface area contributed by atoms with Crippen molar-refractivity contribution in [2.45, 2.75) is 37.3 Å². The van der Waals surface area contributed by atoms with Crippen LogP contribution in [0.1, 0.15) is 31.1 Å². The molecule has 1 atom stereocenters. The van der Waals surface area contributed by atoms with Gasteiger partial charge in [-0.25, -0.2) is 17.2 Å². The average molecular weight is 381 g/mol. The summed E-state index contributed by atoms with van der Waals surface area (Å²) in [7, 11) is -3.85. The number of hydrogen-bond acceptors (Lipinski definition) is 3. The van der Waals surface area contributed by atoms with Crippen LogP contribution >= 0.6 is 0 Å². The van der Waals surface area contributed by atoms with Gasteiger partial charge in [0.05, 0.1) is 23.1 Å². The topological polar surface area (TPSA) is 46.6 Å². The van der Waals surface area contributed by atoms with Crippen LogP contribution in [0, 0.1) is 18.6 Å². The van der Waals surface area contributed by atoms with Gasteiger partial charge in [-0.15, -0.1) is 0 Å². The Morgan fingerprint density at radius 1 is 1.08 bits per heavy atom. The van der Waals surface area contributed by atoms with Crippen molar-refractivity contribution in [1.29, 1.82) is 0 Å². The van der Waals surface area contributed by atoms with Gasteiger partial charge in [-0.1, -0.05) is 12.1 Å². The summed E-state index contributed by atoms with van der Waals surface area (Å²) in [5.74, 6) is -0.844. The second kappa shape index (κ2) is 6.72. The molecule has 0 spiro atoms. The Kier molecular flexibility index (Phi) is 4.90. The molecule has 3 rings (SSSR count). The standard InChI is InChI=1S/C19H21F2NO3S/c1-13-10-16(21)8-9-18(13)26(23,24)22-11-17(25-12-19(22,2)3)14-4-6-15(20)7-5-14/h4-10,17H,11-12H2,1-3H3. The molecule has 1 heterocycles. The van der Waals surface area contributed by atoms with E-state index in [1.165, 1.54) is 28.6 Å². The number of sulfonamides is 1. The molecule has 4 nitrogen and oxygen atoms in total. The molecule has 7 heteroatoms. The van der Waals surface area contributed by atoms with Crippen molar-refractivity contribution in [1.82, 2.24) is 4.31 Å². The minimum Gasteiger partial charge on any atom is -0.370 e. The van der Waals surface area contributed by atoms with E-state index in [-0.39, 0.29) is 23.9 Å². The molecule has 0 N–H and O–H groups in total. The minimum absolute atomic E-state index is 0.0757. The largest absolute Gasteiger partial charge is 0.370 e. The van der Waals surface area contributed by atoms with Crippen LogP contribution in [0.2, 0.25) is 0 Å². The Labute approximate surface area is 152 Å². The van der Waals surface area contributed by atoms with E-state index in [2.05, 4.69) is 0 Å². The smallest absolute Gasteiger partial charge is 0.244 e. The van der Waals surface area contributed by atoms with Gasteiger partial charge in [0.2, 0.25) is 10.0 Å². The number of benzene rings is 2. The van der Waals surface area contributed by atoms with Gasteiger partial charge in [-0.2, -0.15) is 4.31 Å². The van der Waals surface area contributed by atoms with Crippen molar-refractivity contribution in [3.63, 3.8) is 0 Å². The predicted molar refractivity (Wildman–Crippen MR) is 94.2 cm³/mol. The Balaban J connectivity index is 1.98. The van der Waals surface area contributed by atoms with Crippen LogP contribution in [0.3, 0.4) is 0 Å². The van der Waals surface area contributed by atoms with Crippen molar-refractivity contribution in [2.75, 3.05) is 13.2 Å². The van der Waals surface area contributed by atoms with Gasteiger partial charge in [0, 0.05) is 6.54 Å². The molecule has 0 amide bonds. The van der Waals surface area contributed by atoms with E-state index < -0.39 is 27.5 Å². The fraction of sp³-hybridized carbons (Fsp3) is 0.368. The SMILES string of the molecule is Cc1cc(F)ccc1S(=O)(=O)N1CC(c2ccc(F)cc2)OCC1(C)C. The first-order valence-electron chi connectivity index (χ1n) is 8.27. The minimum atomic E-state index is -3.85. The van der Waals surface area contributed by atoms with Gasteiger partial charge in [0.25, 0.3) is 0 Å². The molecule has 1 aliphatic heterocycles. The molecule has 140 valence electrons.